The van der Waals surface area contributed by atoms with Crippen molar-refractivity contribution in [3.8, 4) is 5.75 Å². The lowest BCUT2D eigenvalue weighted by atomic mass is 9.72. The minimum atomic E-state index is 0.0120. The normalized spacial score (nSPS) is 12.5. The van der Waals surface area contributed by atoms with Crippen molar-refractivity contribution in [2.24, 2.45) is 5.41 Å². The average molecular weight is 329 g/mol. The summed E-state index contributed by atoms with van der Waals surface area (Å²) in [6.45, 7) is 12.4. The van der Waals surface area contributed by atoms with Crippen LogP contribution >= 0.6 is 11.6 Å². The molecule has 0 saturated heterocycles. The molecule has 0 unspecified atom stereocenters. The molecule has 0 amide bonds. The van der Waals surface area contributed by atoms with Crippen molar-refractivity contribution < 1.29 is 14.6 Å². The monoisotopic (exact) mass is 328 g/mol. The highest BCUT2D eigenvalue weighted by Crippen LogP contribution is 2.40. The number of aliphatic hydroxyl groups is 1. The number of halogens is 1. The maximum atomic E-state index is 8.62. The van der Waals surface area contributed by atoms with Crippen molar-refractivity contribution in [3.05, 3.63) is 28.8 Å². The smallest absolute Gasteiger partial charge is 0.120 e. The van der Waals surface area contributed by atoms with E-state index in [9.17, 15) is 0 Å². The van der Waals surface area contributed by atoms with E-state index in [4.69, 9.17) is 26.2 Å². The molecular formula is C18H29ClO3. The fraction of sp³-hybridized carbons (Fsp3) is 0.667. The van der Waals surface area contributed by atoms with E-state index in [-0.39, 0.29) is 17.4 Å². The third-order valence-electron chi connectivity index (χ3n) is 3.37. The second kappa shape index (κ2) is 8.19. The van der Waals surface area contributed by atoms with Gasteiger partial charge in [-0.05, 0) is 34.9 Å². The van der Waals surface area contributed by atoms with Crippen molar-refractivity contribution in [2.75, 3.05) is 26.4 Å². The summed E-state index contributed by atoms with van der Waals surface area (Å²) in [4.78, 5) is 0. The SMILES string of the molecule is CC(C)(C)CC(C)(C)c1ccc(OCCOCCO)cc1Cl. The van der Waals surface area contributed by atoms with E-state index in [0.717, 1.165) is 22.8 Å². The Labute approximate surface area is 139 Å². The molecule has 3 nitrogen and oxygen atoms in total. The van der Waals surface area contributed by atoms with Gasteiger partial charge in [0.15, 0.2) is 0 Å². The largest absolute Gasteiger partial charge is 0.491 e. The molecule has 4 heteroatoms. The first kappa shape index (κ1) is 19.3. The first-order chi connectivity index (χ1) is 10.2. The van der Waals surface area contributed by atoms with Crippen LogP contribution in [0.5, 0.6) is 5.75 Å². The van der Waals surface area contributed by atoms with Gasteiger partial charge in [0, 0.05) is 5.02 Å². The standard InChI is InChI=1S/C18H29ClO3/c1-17(2,3)13-18(4,5)15-7-6-14(12-16(15)19)22-11-10-21-9-8-20/h6-7,12,20H,8-11,13H2,1-5H3. The second-order valence-electron chi connectivity index (χ2n) is 7.45. The summed E-state index contributed by atoms with van der Waals surface area (Å²) in [5.74, 6) is 0.743. The Morgan fingerprint density at radius 3 is 2.27 bits per heavy atom. The Morgan fingerprint density at radius 1 is 1.05 bits per heavy atom. The average Bonchev–Trinajstić information content (AvgIpc) is 2.35. The van der Waals surface area contributed by atoms with Gasteiger partial charge in [0.1, 0.15) is 12.4 Å². The van der Waals surface area contributed by atoms with Crippen LogP contribution in [0.1, 0.15) is 46.6 Å². The Balaban J connectivity index is 2.69. The third-order valence-corrected chi connectivity index (χ3v) is 3.69. The van der Waals surface area contributed by atoms with Crippen molar-refractivity contribution in [1.82, 2.24) is 0 Å². The van der Waals surface area contributed by atoms with Gasteiger partial charge in [0.05, 0.1) is 19.8 Å². The van der Waals surface area contributed by atoms with E-state index in [1.165, 1.54) is 0 Å². The molecule has 0 saturated carbocycles. The molecule has 0 aliphatic rings. The predicted molar refractivity (Wildman–Crippen MR) is 91.9 cm³/mol. The summed E-state index contributed by atoms with van der Waals surface area (Å²) in [6.07, 6.45) is 1.05. The number of hydrogen-bond donors (Lipinski definition) is 1. The molecule has 1 N–H and O–H groups in total. The molecule has 0 heterocycles. The maximum absolute atomic E-state index is 8.62. The number of rotatable bonds is 8. The minimum absolute atomic E-state index is 0.0120. The summed E-state index contributed by atoms with van der Waals surface area (Å²) in [7, 11) is 0. The molecule has 1 aromatic carbocycles. The van der Waals surface area contributed by atoms with E-state index in [2.05, 4.69) is 40.7 Å². The molecule has 0 aliphatic carbocycles. The first-order valence-corrected chi connectivity index (χ1v) is 8.15. The highest BCUT2D eigenvalue weighted by atomic mass is 35.5. The van der Waals surface area contributed by atoms with Gasteiger partial charge in [-0.25, -0.2) is 0 Å². The molecule has 0 radical (unpaired) electrons. The molecule has 1 aromatic rings. The van der Waals surface area contributed by atoms with Gasteiger partial charge in [-0.1, -0.05) is 52.3 Å². The molecule has 0 aliphatic heterocycles. The summed E-state index contributed by atoms with van der Waals surface area (Å²) >= 11 is 6.46. The van der Waals surface area contributed by atoms with E-state index in [0.29, 0.717) is 19.8 Å². The Kier molecular flexibility index (Phi) is 7.17. The van der Waals surface area contributed by atoms with Crippen molar-refractivity contribution in [3.63, 3.8) is 0 Å². The highest BCUT2D eigenvalue weighted by Gasteiger charge is 2.29. The van der Waals surface area contributed by atoms with Gasteiger partial charge < -0.3 is 14.6 Å². The fourth-order valence-electron chi connectivity index (χ4n) is 2.94. The first-order valence-electron chi connectivity index (χ1n) is 7.77. The van der Waals surface area contributed by atoms with Gasteiger partial charge in [0.2, 0.25) is 0 Å². The molecule has 0 spiro atoms. The lowest BCUT2D eigenvalue weighted by Crippen LogP contribution is -2.25. The quantitative estimate of drug-likeness (QED) is 0.717. The summed E-state index contributed by atoms with van der Waals surface area (Å²) < 4.78 is 10.8. The van der Waals surface area contributed by atoms with Crippen molar-refractivity contribution in [1.29, 1.82) is 0 Å². The Bertz CT molecular complexity index is 464. The van der Waals surface area contributed by atoms with E-state index < -0.39 is 0 Å². The zero-order chi connectivity index (χ0) is 16.8. The van der Waals surface area contributed by atoms with Crippen LogP contribution in [0.25, 0.3) is 0 Å². The van der Waals surface area contributed by atoms with Crippen LogP contribution in [-0.2, 0) is 10.2 Å². The van der Waals surface area contributed by atoms with E-state index in [1.807, 2.05) is 12.1 Å². The predicted octanol–water partition coefficient (Wildman–Crippen LogP) is 4.44. The van der Waals surface area contributed by atoms with Crippen LogP contribution < -0.4 is 4.74 Å². The second-order valence-corrected chi connectivity index (χ2v) is 7.85. The fourth-order valence-corrected chi connectivity index (χ4v) is 3.37. The zero-order valence-corrected chi connectivity index (χ0v) is 15.2. The molecule has 0 aromatic heterocycles. The number of aliphatic hydroxyl groups excluding tert-OH is 1. The topological polar surface area (TPSA) is 38.7 Å². The molecular weight excluding hydrogens is 300 g/mol. The van der Waals surface area contributed by atoms with Gasteiger partial charge in [-0.3, -0.25) is 0 Å². The minimum Gasteiger partial charge on any atom is -0.491 e. The lowest BCUT2D eigenvalue weighted by Gasteiger charge is -2.33. The van der Waals surface area contributed by atoms with Gasteiger partial charge >= 0.3 is 0 Å². The molecule has 0 fully saturated rings. The van der Waals surface area contributed by atoms with Crippen LogP contribution in [0.2, 0.25) is 5.02 Å². The van der Waals surface area contributed by atoms with Crippen LogP contribution in [0.15, 0.2) is 18.2 Å². The van der Waals surface area contributed by atoms with Gasteiger partial charge in [-0.15, -0.1) is 0 Å². The van der Waals surface area contributed by atoms with Gasteiger partial charge in [-0.2, -0.15) is 0 Å². The number of benzene rings is 1. The van der Waals surface area contributed by atoms with Crippen LogP contribution in [0.3, 0.4) is 0 Å². The maximum Gasteiger partial charge on any atom is 0.120 e. The molecule has 1 rings (SSSR count). The molecule has 0 atom stereocenters. The van der Waals surface area contributed by atoms with Crippen molar-refractivity contribution >= 4 is 11.6 Å². The molecule has 0 bridgehead atoms. The van der Waals surface area contributed by atoms with Crippen LogP contribution in [-0.4, -0.2) is 31.5 Å². The van der Waals surface area contributed by atoms with E-state index >= 15 is 0 Å². The zero-order valence-electron chi connectivity index (χ0n) is 14.4. The van der Waals surface area contributed by atoms with E-state index in [1.54, 1.807) is 0 Å². The number of hydrogen-bond acceptors (Lipinski definition) is 3. The lowest BCUT2D eigenvalue weighted by molar-refractivity contribution is 0.0705. The summed E-state index contributed by atoms with van der Waals surface area (Å²) in [5, 5.41) is 9.36. The van der Waals surface area contributed by atoms with Crippen LogP contribution in [0, 0.1) is 5.41 Å². The molecule has 22 heavy (non-hydrogen) atoms. The van der Waals surface area contributed by atoms with Gasteiger partial charge in [0.25, 0.3) is 0 Å². The van der Waals surface area contributed by atoms with Crippen molar-refractivity contribution in [2.45, 2.75) is 46.5 Å². The summed E-state index contributed by atoms with van der Waals surface area (Å²) in [6, 6.07) is 5.88. The Hall–Kier alpha value is -0.770. The number of ether oxygens (including phenoxy) is 2. The molecule has 126 valence electrons. The summed E-state index contributed by atoms with van der Waals surface area (Å²) in [5.41, 5.74) is 1.40. The highest BCUT2D eigenvalue weighted by molar-refractivity contribution is 6.31. The third kappa shape index (κ3) is 6.55. The van der Waals surface area contributed by atoms with Crippen LogP contribution in [0.4, 0.5) is 0 Å². The Morgan fingerprint density at radius 2 is 1.73 bits per heavy atom.